The van der Waals surface area contributed by atoms with Crippen LogP contribution in [0.3, 0.4) is 0 Å². The number of anilines is 1. The number of hydrogen-bond acceptors (Lipinski definition) is 7. The number of nitrogens with one attached hydrogen (secondary N) is 1. The largest absolute Gasteiger partial charge is 0.486 e. The van der Waals surface area contributed by atoms with Crippen LogP contribution in [0.5, 0.6) is 11.5 Å². The molecule has 0 aliphatic carbocycles. The van der Waals surface area contributed by atoms with Gasteiger partial charge in [0.15, 0.2) is 23.1 Å². The normalized spacial score (nSPS) is 17.1. The van der Waals surface area contributed by atoms with Crippen molar-refractivity contribution >= 4 is 17.5 Å². The van der Waals surface area contributed by atoms with Crippen molar-refractivity contribution < 1.29 is 23.6 Å². The van der Waals surface area contributed by atoms with Crippen molar-refractivity contribution in [3.63, 3.8) is 0 Å². The van der Waals surface area contributed by atoms with Crippen LogP contribution in [0, 0.1) is 12.8 Å². The van der Waals surface area contributed by atoms with E-state index in [9.17, 15) is 9.59 Å². The summed E-state index contributed by atoms with van der Waals surface area (Å²) in [6, 6.07) is 7.11. The third kappa shape index (κ3) is 4.76. The van der Waals surface area contributed by atoms with Crippen LogP contribution in [0.2, 0.25) is 0 Å². The summed E-state index contributed by atoms with van der Waals surface area (Å²) in [6.07, 6.45) is 1.96. The average Bonchev–Trinajstić information content (AvgIpc) is 3.16. The van der Waals surface area contributed by atoms with Gasteiger partial charge in [0.25, 0.3) is 0 Å². The summed E-state index contributed by atoms with van der Waals surface area (Å²) in [5, 5.41) is 6.49. The molecule has 2 aliphatic heterocycles. The Kier molecular flexibility index (Phi) is 5.80. The number of piperidine rings is 1. The first-order valence-electron chi connectivity index (χ1n) is 9.98. The number of likely N-dealkylation sites (tertiary alicyclic amines) is 1. The highest BCUT2D eigenvalue weighted by atomic mass is 16.6. The molecule has 0 bridgehead atoms. The van der Waals surface area contributed by atoms with Crippen LogP contribution in [0.25, 0.3) is 0 Å². The maximum absolute atomic E-state index is 12.9. The summed E-state index contributed by atoms with van der Waals surface area (Å²) >= 11 is 0. The minimum absolute atomic E-state index is 0.000686. The Morgan fingerprint density at radius 1 is 1.14 bits per heavy atom. The molecule has 1 aromatic heterocycles. The number of fused-ring (bicyclic) bond motifs is 1. The molecule has 1 saturated heterocycles. The number of ether oxygens (including phenoxy) is 2. The first kappa shape index (κ1) is 19.4. The summed E-state index contributed by atoms with van der Waals surface area (Å²) in [4.78, 5) is 27.1. The lowest BCUT2D eigenvalue weighted by Gasteiger charge is -2.31. The molecule has 0 spiro atoms. The molecule has 4 rings (SSSR count). The number of hydrogen-bond donors (Lipinski definition) is 1. The van der Waals surface area contributed by atoms with E-state index in [0.29, 0.717) is 54.8 Å². The smallest absolute Gasteiger partial charge is 0.226 e. The van der Waals surface area contributed by atoms with Crippen LogP contribution in [-0.2, 0) is 4.79 Å². The zero-order valence-corrected chi connectivity index (χ0v) is 16.5. The Labute approximate surface area is 169 Å². The molecular formula is C21H25N3O5. The lowest BCUT2D eigenvalue weighted by atomic mass is 9.88. The zero-order valence-electron chi connectivity index (χ0n) is 16.5. The summed E-state index contributed by atoms with van der Waals surface area (Å²) in [6.45, 7) is 5.09. The second-order valence-corrected chi connectivity index (χ2v) is 7.46. The number of nitrogens with zero attached hydrogens (tertiary/aromatic N) is 2. The monoisotopic (exact) mass is 399 g/mol. The van der Waals surface area contributed by atoms with E-state index in [2.05, 4.69) is 15.4 Å². The first-order valence-corrected chi connectivity index (χ1v) is 9.98. The van der Waals surface area contributed by atoms with Gasteiger partial charge in [-0.25, -0.2) is 0 Å². The molecule has 1 aromatic carbocycles. The highest BCUT2D eigenvalue weighted by Gasteiger charge is 2.27. The number of benzene rings is 1. The Hall–Kier alpha value is -2.87. The number of aromatic nitrogens is 1. The van der Waals surface area contributed by atoms with Gasteiger partial charge in [-0.1, -0.05) is 5.16 Å². The highest BCUT2D eigenvalue weighted by Crippen LogP contribution is 2.32. The molecule has 2 aromatic rings. The van der Waals surface area contributed by atoms with E-state index in [-0.39, 0.29) is 17.6 Å². The van der Waals surface area contributed by atoms with Gasteiger partial charge in [0.2, 0.25) is 5.91 Å². The van der Waals surface area contributed by atoms with E-state index in [1.807, 2.05) is 12.1 Å². The van der Waals surface area contributed by atoms with Gasteiger partial charge in [0, 0.05) is 30.5 Å². The van der Waals surface area contributed by atoms with Crippen LogP contribution < -0.4 is 14.8 Å². The van der Waals surface area contributed by atoms with Crippen LogP contribution in [-0.4, -0.2) is 54.6 Å². The SMILES string of the molecule is Cc1cc(NC(=O)CCN2CCC(C(=O)c3ccc4c(c3)OCCO4)CC2)no1. The quantitative estimate of drug-likeness (QED) is 0.747. The van der Waals surface area contributed by atoms with Gasteiger partial charge < -0.3 is 24.2 Å². The molecule has 1 amide bonds. The van der Waals surface area contributed by atoms with Gasteiger partial charge in [-0.3, -0.25) is 9.59 Å². The number of Topliss-reactive ketones (excluding diaryl/α,β-unsaturated/α-hetero) is 1. The van der Waals surface area contributed by atoms with E-state index in [1.165, 1.54) is 0 Å². The molecule has 1 fully saturated rings. The summed E-state index contributed by atoms with van der Waals surface area (Å²) in [5.41, 5.74) is 0.676. The molecule has 0 unspecified atom stereocenters. The molecule has 3 heterocycles. The van der Waals surface area contributed by atoms with Crippen molar-refractivity contribution in [2.45, 2.75) is 26.2 Å². The predicted octanol–water partition coefficient (Wildman–Crippen LogP) is 2.68. The van der Waals surface area contributed by atoms with Crippen molar-refractivity contribution in [1.82, 2.24) is 10.1 Å². The Morgan fingerprint density at radius 3 is 2.62 bits per heavy atom. The molecule has 2 aliphatic rings. The lowest BCUT2D eigenvalue weighted by Crippen LogP contribution is -2.38. The average molecular weight is 399 g/mol. The Balaban J connectivity index is 1.24. The first-order chi connectivity index (χ1) is 14.1. The molecule has 29 heavy (non-hydrogen) atoms. The number of rotatable bonds is 6. The molecule has 1 N–H and O–H groups in total. The van der Waals surface area contributed by atoms with Crippen LogP contribution in [0.4, 0.5) is 5.82 Å². The van der Waals surface area contributed by atoms with Gasteiger partial charge in [-0.2, -0.15) is 0 Å². The van der Waals surface area contributed by atoms with Crippen molar-refractivity contribution in [3.05, 3.63) is 35.6 Å². The minimum atomic E-state index is -0.0900. The maximum atomic E-state index is 12.9. The highest BCUT2D eigenvalue weighted by molar-refractivity contribution is 5.98. The van der Waals surface area contributed by atoms with Crippen molar-refractivity contribution in [2.75, 3.05) is 38.2 Å². The van der Waals surface area contributed by atoms with E-state index in [4.69, 9.17) is 14.0 Å². The molecule has 8 heteroatoms. The minimum Gasteiger partial charge on any atom is -0.486 e. The summed E-state index contributed by atoms with van der Waals surface area (Å²) < 4.78 is 16.0. The number of carbonyl (C=O) groups is 2. The summed E-state index contributed by atoms with van der Waals surface area (Å²) in [7, 11) is 0. The van der Waals surface area contributed by atoms with Gasteiger partial charge in [-0.15, -0.1) is 0 Å². The van der Waals surface area contributed by atoms with E-state index in [0.717, 1.165) is 25.9 Å². The van der Waals surface area contributed by atoms with E-state index >= 15 is 0 Å². The molecular weight excluding hydrogens is 374 g/mol. The maximum Gasteiger partial charge on any atom is 0.226 e. The number of carbonyl (C=O) groups excluding carboxylic acids is 2. The molecule has 154 valence electrons. The lowest BCUT2D eigenvalue weighted by molar-refractivity contribution is -0.116. The number of ketones is 1. The summed E-state index contributed by atoms with van der Waals surface area (Å²) in [5.74, 6) is 2.50. The standard InChI is InChI=1S/C21H25N3O5/c1-14-12-19(23-29-14)22-20(25)6-9-24-7-4-15(5-8-24)21(26)16-2-3-17-18(13-16)28-11-10-27-17/h2-3,12-13,15H,4-11H2,1H3,(H,22,23,25). The Bertz CT molecular complexity index is 886. The van der Waals surface area contributed by atoms with Gasteiger partial charge in [0.05, 0.1) is 0 Å². The fourth-order valence-corrected chi connectivity index (χ4v) is 3.74. The van der Waals surface area contributed by atoms with Crippen LogP contribution in [0.1, 0.15) is 35.4 Å². The van der Waals surface area contributed by atoms with Crippen LogP contribution >= 0.6 is 0 Å². The third-order valence-electron chi connectivity index (χ3n) is 5.34. The molecule has 0 radical (unpaired) electrons. The molecule has 0 atom stereocenters. The zero-order chi connectivity index (χ0) is 20.2. The van der Waals surface area contributed by atoms with Crippen molar-refractivity contribution in [3.8, 4) is 11.5 Å². The fraction of sp³-hybridized carbons (Fsp3) is 0.476. The number of amides is 1. The van der Waals surface area contributed by atoms with Crippen molar-refractivity contribution in [2.24, 2.45) is 5.92 Å². The second-order valence-electron chi connectivity index (χ2n) is 7.46. The van der Waals surface area contributed by atoms with Gasteiger partial charge in [-0.05, 0) is 51.1 Å². The second kappa shape index (κ2) is 8.65. The topological polar surface area (TPSA) is 93.9 Å². The van der Waals surface area contributed by atoms with Gasteiger partial charge >= 0.3 is 0 Å². The fourth-order valence-electron chi connectivity index (χ4n) is 3.74. The Morgan fingerprint density at radius 2 is 1.90 bits per heavy atom. The molecule has 0 saturated carbocycles. The number of aryl methyl sites for hydroxylation is 1. The third-order valence-corrected chi connectivity index (χ3v) is 5.34. The van der Waals surface area contributed by atoms with Crippen LogP contribution in [0.15, 0.2) is 28.8 Å². The predicted molar refractivity (Wildman–Crippen MR) is 105 cm³/mol. The molecule has 8 nitrogen and oxygen atoms in total. The van der Waals surface area contributed by atoms with E-state index in [1.54, 1.807) is 19.1 Å². The van der Waals surface area contributed by atoms with Gasteiger partial charge in [0.1, 0.15) is 19.0 Å². The van der Waals surface area contributed by atoms with Crippen molar-refractivity contribution in [1.29, 1.82) is 0 Å². The van der Waals surface area contributed by atoms with E-state index < -0.39 is 0 Å².